The molecule has 0 heterocycles. The van der Waals surface area contributed by atoms with Crippen molar-refractivity contribution in [1.82, 2.24) is 5.32 Å². The SMILES string of the molecule is CNCC1CCCC2(C1)c1cccc(c1)CC(c1ccc(O)cc1)C(CCCCCCC1C=CCC1)CC=CCC2C(=O)O. The summed E-state index contributed by atoms with van der Waals surface area (Å²) >= 11 is 0. The minimum atomic E-state index is -0.658. The average molecular weight is 598 g/mol. The number of phenols is 1. The van der Waals surface area contributed by atoms with Gasteiger partial charge in [0.15, 0.2) is 0 Å². The Bertz CT molecular complexity index is 1250. The number of hydrogen-bond donors (Lipinski definition) is 3. The maximum atomic E-state index is 13.0. The lowest BCUT2D eigenvalue weighted by Gasteiger charge is -2.45. The Balaban J connectivity index is 1.41. The van der Waals surface area contributed by atoms with Crippen LogP contribution in [0.1, 0.15) is 112 Å². The Kier molecular flexibility index (Phi) is 11.8. The highest BCUT2D eigenvalue weighted by Gasteiger charge is 2.47. The van der Waals surface area contributed by atoms with Gasteiger partial charge in [-0.3, -0.25) is 4.79 Å². The van der Waals surface area contributed by atoms with E-state index in [4.69, 9.17) is 0 Å². The predicted octanol–water partition coefficient (Wildman–Crippen LogP) is 9.34. The second-order valence-electron chi connectivity index (χ2n) is 14.1. The van der Waals surface area contributed by atoms with Crippen molar-refractivity contribution < 1.29 is 15.0 Å². The number of aromatic hydroxyl groups is 1. The van der Waals surface area contributed by atoms with Crippen molar-refractivity contribution in [3.05, 3.63) is 89.5 Å². The first-order valence-corrected chi connectivity index (χ1v) is 17.6. The van der Waals surface area contributed by atoms with Gasteiger partial charge in [-0.2, -0.15) is 0 Å². The number of unbranched alkanes of at least 4 members (excludes halogenated alkanes) is 3. The fraction of sp³-hybridized carbons (Fsp3) is 0.575. The van der Waals surface area contributed by atoms with Crippen LogP contribution in [0.15, 0.2) is 72.8 Å². The molecule has 4 heteroatoms. The lowest BCUT2D eigenvalue weighted by atomic mass is 9.58. The van der Waals surface area contributed by atoms with Gasteiger partial charge < -0.3 is 15.5 Å². The highest BCUT2D eigenvalue weighted by molar-refractivity contribution is 5.73. The monoisotopic (exact) mass is 597 g/mol. The first kappa shape index (κ1) is 32.5. The Morgan fingerprint density at radius 2 is 1.75 bits per heavy atom. The summed E-state index contributed by atoms with van der Waals surface area (Å²) in [5, 5.41) is 24.1. The van der Waals surface area contributed by atoms with Crippen LogP contribution in [0.3, 0.4) is 0 Å². The molecule has 44 heavy (non-hydrogen) atoms. The molecule has 1 fully saturated rings. The molecule has 1 spiro atoms. The minimum absolute atomic E-state index is 0.313. The number of fused-ring (bicyclic) bond motifs is 3. The summed E-state index contributed by atoms with van der Waals surface area (Å²) in [6.07, 6.45) is 26.0. The van der Waals surface area contributed by atoms with Crippen molar-refractivity contribution in [2.24, 2.45) is 23.7 Å². The number of aliphatic carboxylic acids is 1. The Morgan fingerprint density at radius 3 is 2.50 bits per heavy atom. The molecule has 4 nitrogen and oxygen atoms in total. The zero-order valence-corrected chi connectivity index (χ0v) is 26.9. The highest BCUT2D eigenvalue weighted by Crippen LogP contribution is 2.49. The highest BCUT2D eigenvalue weighted by atomic mass is 16.4. The van der Waals surface area contributed by atoms with Crippen molar-refractivity contribution in [3.63, 3.8) is 0 Å². The van der Waals surface area contributed by atoms with Gasteiger partial charge in [-0.25, -0.2) is 0 Å². The van der Waals surface area contributed by atoms with Crippen molar-refractivity contribution in [2.75, 3.05) is 13.6 Å². The molecule has 5 rings (SSSR count). The van der Waals surface area contributed by atoms with Crippen molar-refractivity contribution in [1.29, 1.82) is 0 Å². The van der Waals surface area contributed by atoms with E-state index in [1.54, 1.807) is 0 Å². The summed E-state index contributed by atoms with van der Waals surface area (Å²) < 4.78 is 0. The number of phenolic OH excluding ortho intramolecular Hbond substituents is 1. The van der Waals surface area contributed by atoms with Crippen molar-refractivity contribution >= 4 is 5.97 Å². The van der Waals surface area contributed by atoms with Gasteiger partial charge in [0.1, 0.15) is 5.75 Å². The topological polar surface area (TPSA) is 69.6 Å². The van der Waals surface area contributed by atoms with E-state index in [9.17, 15) is 15.0 Å². The molecule has 1 saturated carbocycles. The molecular weight excluding hydrogens is 542 g/mol. The molecule has 6 atom stereocenters. The summed E-state index contributed by atoms with van der Waals surface area (Å²) in [5.74, 6) is 1.32. The molecule has 2 bridgehead atoms. The smallest absolute Gasteiger partial charge is 0.307 e. The van der Waals surface area contributed by atoms with Gasteiger partial charge in [-0.15, -0.1) is 0 Å². The fourth-order valence-electron chi connectivity index (χ4n) is 8.86. The third-order valence-corrected chi connectivity index (χ3v) is 11.2. The minimum Gasteiger partial charge on any atom is -0.508 e. The maximum absolute atomic E-state index is 13.0. The molecule has 2 aromatic carbocycles. The number of carboxylic acid groups (broad SMARTS) is 1. The van der Waals surface area contributed by atoms with E-state index in [0.717, 1.165) is 57.4 Å². The third kappa shape index (κ3) is 8.24. The second-order valence-corrected chi connectivity index (χ2v) is 14.1. The van der Waals surface area contributed by atoms with E-state index in [1.165, 1.54) is 61.6 Å². The third-order valence-electron chi connectivity index (χ3n) is 11.2. The van der Waals surface area contributed by atoms with Crippen LogP contribution in [0, 0.1) is 23.7 Å². The summed E-state index contributed by atoms with van der Waals surface area (Å²) in [7, 11) is 2.01. The van der Waals surface area contributed by atoms with Crippen LogP contribution in [-0.4, -0.2) is 29.8 Å². The molecule has 0 radical (unpaired) electrons. The van der Waals surface area contributed by atoms with E-state index in [1.807, 2.05) is 19.2 Å². The first-order chi connectivity index (χ1) is 21.5. The molecule has 0 saturated heterocycles. The lowest BCUT2D eigenvalue weighted by Crippen LogP contribution is -2.45. The molecule has 0 aliphatic heterocycles. The maximum Gasteiger partial charge on any atom is 0.307 e. The number of rotatable bonds is 11. The summed E-state index contributed by atoms with van der Waals surface area (Å²) in [6.45, 7) is 0.936. The van der Waals surface area contributed by atoms with Crippen LogP contribution < -0.4 is 5.32 Å². The molecule has 0 amide bonds. The number of allylic oxidation sites excluding steroid dienone is 4. The normalized spacial score (nSPS) is 28.9. The van der Waals surface area contributed by atoms with Crippen LogP contribution in [0.5, 0.6) is 5.75 Å². The summed E-state index contributed by atoms with van der Waals surface area (Å²) in [6, 6.07) is 16.9. The van der Waals surface area contributed by atoms with Crippen molar-refractivity contribution in [3.8, 4) is 5.75 Å². The number of hydrogen-bond acceptors (Lipinski definition) is 3. The molecule has 3 aliphatic rings. The van der Waals surface area contributed by atoms with E-state index in [-0.39, 0.29) is 5.41 Å². The van der Waals surface area contributed by atoms with E-state index in [0.29, 0.717) is 29.9 Å². The van der Waals surface area contributed by atoms with Gasteiger partial charge in [0.25, 0.3) is 0 Å². The Morgan fingerprint density at radius 1 is 0.955 bits per heavy atom. The van der Waals surface area contributed by atoms with Gasteiger partial charge in [0.2, 0.25) is 0 Å². The first-order valence-electron chi connectivity index (χ1n) is 17.6. The quantitative estimate of drug-likeness (QED) is 0.178. The zero-order chi connectivity index (χ0) is 30.8. The predicted molar refractivity (Wildman–Crippen MR) is 181 cm³/mol. The molecule has 2 aromatic rings. The lowest BCUT2D eigenvalue weighted by molar-refractivity contribution is -0.145. The van der Waals surface area contributed by atoms with Gasteiger partial charge in [-0.05, 0) is 130 Å². The van der Waals surface area contributed by atoms with E-state index < -0.39 is 11.9 Å². The number of nitrogens with one attached hydrogen (secondary N) is 1. The fourth-order valence-corrected chi connectivity index (χ4v) is 8.86. The van der Waals surface area contributed by atoms with Crippen LogP contribution >= 0.6 is 0 Å². The van der Waals surface area contributed by atoms with Gasteiger partial charge in [-0.1, -0.05) is 92.8 Å². The van der Waals surface area contributed by atoms with Crippen LogP contribution in [-0.2, 0) is 16.6 Å². The molecular formula is C40H55NO3. The zero-order valence-electron chi connectivity index (χ0n) is 26.9. The average Bonchev–Trinajstić information content (AvgIpc) is 3.54. The van der Waals surface area contributed by atoms with Crippen molar-refractivity contribution in [2.45, 2.75) is 108 Å². The van der Waals surface area contributed by atoms with Gasteiger partial charge >= 0.3 is 5.97 Å². The van der Waals surface area contributed by atoms with Crippen LogP contribution in [0.25, 0.3) is 0 Å². The number of benzene rings is 2. The van der Waals surface area contributed by atoms with Gasteiger partial charge in [0, 0.05) is 5.41 Å². The Labute approximate surface area is 266 Å². The molecule has 6 unspecified atom stereocenters. The van der Waals surface area contributed by atoms with Crippen LogP contribution in [0.4, 0.5) is 0 Å². The summed E-state index contributed by atoms with van der Waals surface area (Å²) in [5.41, 5.74) is 3.46. The van der Waals surface area contributed by atoms with E-state index in [2.05, 4.69) is 66.0 Å². The number of carbonyl (C=O) groups is 1. The summed E-state index contributed by atoms with van der Waals surface area (Å²) in [4.78, 5) is 13.0. The second kappa shape index (κ2) is 15.9. The molecule has 3 aliphatic carbocycles. The van der Waals surface area contributed by atoms with E-state index >= 15 is 0 Å². The molecule has 3 N–H and O–H groups in total. The Hall–Kier alpha value is -2.85. The van der Waals surface area contributed by atoms with Gasteiger partial charge in [0.05, 0.1) is 5.92 Å². The largest absolute Gasteiger partial charge is 0.508 e. The number of carboxylic acids is 1. The molecule has 238 valence electrons. The van der Waals surface area contributed by atoms with Crippen LogP contribution in [0.2, 0.25) is 0 Å². The standard InChI is InChI=1S/C40H55NO3/c1-41-29-32-16-11-25-40(28-32)35-19-10-15-31(26-35)27-37(34-21-23-36(42)24-22-34)33(18-8-9-20-38(40)39(43)44)17-5-3-2-4-12-30-13-6-7-14-30/h6,8-10,13,15,19,21-24,26,30,32-33,37-38,41-42H,2-5,7,11-12,14,16-18,20,25,27-29H2,1H3,(H,43,44). The molecule has 0 aromatic heterocycles.